The maximum absolute atomic E-state index is 10.7. The maximum atomic E-state index is 10.7. The van der Waals surface area contributed by atoms with Crippen LogP contribution in [0.4, 0.5) is 0 Å². The highest BCUT2D eigenvalue weighted by molar-refractivity contribution is 5.78. The molecule has 1 unspecified atom stereocenters. The van der Waals surface area contributed by atoms with Gasteiger partial charge in [0.05, 0.1) is 0 Å². The molecule has 0 fully saturated rings. The zero-order chi connectivity index (χ0) is 8.91. The van der Waals surface area contributed by atoms with Gasteiger partial charge in [-0.15, -0.1) is 0 Å². The average Bonchev–Trinajstić information content (AvgIpc) is 2.03. The van der Waals surface area contributed by atoms with E-state index in [4.69, 9.17) is 5.26 Å². The lowest BCUT2D eigenvalue weighted by molar-refractivity contribution is -0.252. The molecule has 0 radical (unpaired) electrons. The molecule has 0 amide bonds. The number of hydrogen-bond donors (Lipinski definition) is 2. The molecule has 0 aliphatic rings. The molecule has 4 heteroatoms. The third kappa shape index (κ3) is 2.48. The standard InChI is InChI=1S/C7H14O4/c1-3-5-7(9,4-2)6(8)11-10/h9-10H,3-5H2,1-2H3. The quantitative estimate of drug-likeness (QED) is 0.477. The SMILES string of the molecule is CCCC(O)(CC)C(=O)OO. The summed E-state index contributed by atoms with van der Waals surface area (Å²) in [6.07, 6.45) is 1.22. The Morgan fingerprint density at radius 3 is 2.36 bits per heavy atom. The van der Waals surface area contributed by atoms with Gasteiger partial charge in [0.1, 0.15) is 0 Å². The van der Waals surface area contributed by atoms with Crippen molar-refractivity contribution in [1.29, 1.82) is 0 Å². The van der Waals surface area contributed by atoms with Crippen molar-refractivity contribution in [3.8, 4) is 0 Å². The van der Waals surface area contributed by atoms with Crippen molar-refractivity contribution in [2.24, 2.45) is 0 Å². The summed E-state index contributed by atoms with van der Waals surface area (Å²) in [6.45, 7) is 3.50. The fraction of sp³-hybridized carbons (Fsp3) is 0.857. The van der Waals surface area contributed by atoms with E-state index >= 15 is 0 Å². The average molecular weight is 162 g/mol. The van der Waals surface area contributed by atoms with Gasteiger partial charge in [0.25, 0.3) is 0 Å². The third-order valence-electron chi connectivity index (χ3n) is 1.71. The number of carbonyl (C=O) groups is 1. The molecular formula is C7H14O4. The molecule has 0 aliphatic heterocycles. The Morgan fingerprint density at radius 1 is 1.55 bits per heavy atom. The van der Waals surface area contributed by atoms with Crippen LogP contribution in [-0.4, -0.2) is 21.9 Å². The molecule has 0 heterocycles. The molecule has 2 N–H and O–H groups in total. The molecule has 0 aromatic carbocycles. The predicted molar refractivity (Wildman–Crippen MR) is 38.9 cm³/mol. The second-order valence-corrected chi connectivity index (χ2v) is 2.51. The highest BCUT2D eigenvalue weighted by Gasteiger charge is 2.35. The van der Waals surface area contributed by atoms with Crippen molar-refractivity contribution in [2.45, 2.75) is 38.7 Å². The Hall–Kier alpha value is -0.610. The zero-order valence-electron chi connectivity index (χ0n) is 6.83. The van der Waals surface area contributed by atoms with Gasteiger partial charge in [-0.3, -0.25) is 4.89 Å². The highest BCUT2D eigenvalue weighted by Crippen LogP contribution is 2.18. The van der Waals surface area contributed by atoms with Gasteiger partial charge in [0, 0.05) is 0 Å². The van der Waals surface area contributed by atoms with E-state index in [1.807, 2.05) is 6.92 Å². The lowest BCUT2D eigenvalue weighted by Crippen LogP contribution is -2.38. The molecular weight excluding hydrogens is 148 g/mol. The topological polar surface area (TPSA) is 66.8 Å². The van der Waals surface area contributed by atoms with E-state index in [9.17, 15) is 9.90 Å². The summed E-state index contributed by atoms with van der Waals surface area (Å²) >= 11 is 0. The molecule has 0 bridgehead atoms. The largest absolute Gasteiger partial charge is 0.378 e. The van der Waals surface area contributed by atoms with Crippen LogP contribution in [0.5, 0.6) is 0 Å². The maximum Gasteiger partial charge on any atom is 0.373 e. The summed E-state index contributed by atoms with van der Waals surface area (Å²) in [5.41, 5.74) is -1.51. The van der Waals surface area contributed by atoms with Crippen LogP contribution in [0.15, 0.2) is 0 Å². The smallest absolute Gasteiger partial charge is 0.373 e. The first kappa shape index (κ1) is 10.4. The van der Waals surface area contributed by atoms with Crippen LogP contribution in [0.2, 0.25) is 0 Å². The van der Waals surface area contributed by atoms with Crippen molar-refractivity contribution in [3.05, 3.63) is 0 Å². The van der Waals surface area contributed by atoms with Gasteiger partial charge in [0.15, 0.2) is 5.60 Å². The van der Waals surface area contributed by atoms with Gasteiger partial charge in [0.2, 0.25) is 0 Å². The van der Waals surface area contributed by atoms with Crippen LogP contribution in [0.1, 0.15) is 33.1 Å². The molecule has 0 aromatic heterocycles. The Morgan fingerprint density at radius 2 is 2.09 bits per heavy atom. The normalized spacial score (nSPS) is 15.6. The lowest BCUT2D eigenvalue weighted by atomic mass is 9.95. The minimum absolute atomic E-state index is 0.250. The van der Waals surface area contributed by atoms with Crippen LogP contribution in [-0.2, 0) is 9.68 Å². The van der Waals surface area contributed by atoms with Crippen LogP contribution in [0.3, 0.4) is 0 Å². The van der Waals surface area contributed by atoms with Gasteiger partial charge in [-0.25, -0.2) is 4.79 Å². The fourth-order valence-corrected chi connectivity index (χ4v) is 0.922. The summed E-state index contributed by atoms with van der Waals surface area (Å²) in [6, 6.07) is 0. The first-order valence-electron chi connectivity index (χ1n) is 3.69. The molecule has 11 heavy (non-hydrogen) atoms. The fourth-order valence-electron chi connectivity index (χ4n) is 0.922. The van der Waals surface area contributed by atoms with E-state index in [-0.39, 0.29) is 6.42 Å². The van der Waals surface area contributed by atoms with E-state index < -0.39 is 11.6 Å². The van der Waals surface area contributed by atoms with E-state index in [1.165, 1.54) is 0 Å². The Balaban J connectivity index is 4.19. The monoisotopic (exact) mass is 162 g/mol. The van der Waals surface area contributed by atoms with E-state index in [2.05, 4.69) is 4.89 Å². The third-order valence-corrected chi connectivity index (χ3v) is 1.71. The van der Waals surface area contributed by atoms with Crippen molar-refractivity contribution < 1.29 is 20.0 Å². The first-order chi connectivity index (χ1) is 5.10. The summed E-state index contributed by atoms with van der Waals surface area (Å²) in [4.78, 5) is 14.2. The Kier molecular flexibility index (Phi) is 4.07. The summed E-state index contributed by atoms with van der Waals surface area (Å²) in [7, 11) is 0. The van der Waals surface area contributed by atoms with Crippen LogP contribution >= 0.6 is 0 Å². The summed E-state index contributed by atoms with van der Waals surface area (Å²) < 4.78 is 0. The molecule has 0 spiro atoms. The second-order valence-electron chi connectivity index (χ2n) is 2.51. The Bertz CT molecular complexity index is 134. The Labute approximate surface area is 65.7 Å². The zero-order valence-corrected chi connectivity index (χ0v) is 6.83. The van der Waals surface area contributed by atoms with Crippen molar-refractivity contribution in [2.75, 3.05) is 0 Å². The predicted octanol–water partition coefficient (Wildman–Crippen LogP) is 0.944. The molecule has 1 atom stereocenters. The van der Waals surface area contributed by atoms with E-state index in [0.29, 0.717) is 12.8 Å². The number of aliphatic hydroxyl groups is 1. The first-order valence-corrected chi connectivity index (χ1v) is 3.69. The van der Waals surface area contributed by atoms with Gasteiger partial charge in [-0.2, -0.15) is 5.26 Å². The van der Waals surface area contributed by atoms with Crippen LogP contribution in [0.25, 0.3) is 0 Å². The molecule has 66 valence electrons. The second kappa shape index (κ2) is 4.31. The van der Waals surface area contributed by atoms with Gasteiger partial charge >= 0.3 is 5.97 Å². The lowest BCUT2D eigenvalue weighted by Gasteiger charge is -2.21. The minimum Gasteiger partial charge on any atom is -0.378 e. The number of carbonyl (C=O) groups excluding carboxylic acids is 1. The molecule has 4 nitrogen and oxygen atoms in total. The van der Waals surface area contributed by atoms with E-state index in [0.717, 1.165) is 0 Å². The van der Waals surface area contributed by atoms with Crippen molar-refractivity contribution in [1.82, 2.24) is 0 Å². The minimum atomic E-state index is -1.51. The molecule has 0 saturated heterocycles. The summed E-state index contributed by atoms with van der Waals surface area (Å²) in [5, 5.41) is 17.5. The molecule has 0 rings (SSSR count). The van der Waals surface area contributed by atoms with Gasteiger partial charge < -0.3 is 5.11 Å². The molecule has 0 aromatic rings. The van der Waals surface area contributed by atoms with Crippen LogP contribution in [0, 0.1) is 0 Å². The van der Waals surface area contributed by atoms with E-state index in [1.54, 1.807) is 6.92 Å². The molecule has 0 saturated carbocycles. The number of hydrogen-bond acceptors (Lipinski definition) is 4. The molecule has 0 aliphatic carbocycles. The van der Waals surface area contributed by atoms with Crippen molar-refractivity contribution >= 4 is 5.97 Å². The van der Waals surface area contributed by atoms with Crippen LogP contribution < -0.4 is 0 Å². The highest BCUT2D eigenvalue weighted by atomic mass is 17.1. The van der Waals surface area contributed by atoms with Gasteiger partial charge in [-0.1, -0.05) is 20.3 Å². The number of rotatable bonds is 4. The summed E-state index contributed by atoms with van der Waals surface area (Å²) in [5.74, 6) is -0.971. The van der Waals surface area contributed by atoms with Gasteiger partial charge in [-0.05, 0) is 12.8 Å². The van der Waals surface area contributed by atoms with Crippen molar-refractivity contribution in [3.63, 3.8) is 0 Å².